The van der Waals surface area contributed by atoms with Crippen molar-refractivity contribution < 1.29 is 9.53 Å². The lowest BCUT2D eigenvalue weighted by atomic mass is 9.99. The molecule has 21 heavy (non-hydrogen) atoms. The summed E-state index contributed by atoms with van der Waals surface area (Å²) >= 11 is 0. The van der Waals surface area contributed by atoms with E-state index in [-0.39, 0.29) is 30.1 Å². The zero-order valence-electron chi connectivity index (χ0n) is 13.3. The monoisotopic (exact) mass is 294 g/mol. The molecule has 6 heteroatoms. The van der Waals surface area contributed by atoms with Crippen molar-refractivity contribution in [3.63, 3.8) is 0 Å². The van der Waals surface area contributed by atoms with Gasteiger partial charge in [-0.25, -0.2) is 0 Å². The van der Waals surface area contributed by atoms with Crippen molar-refractivity contribution in [2.45, 2.75) is 52.5 Å². The van der Waals surface area contributed by atoms with Crippen LogP contribution in [0.3, 0.4) is 0 Å². The Labute approximate surface area is 126 Å². The minimum Gasteiger partial charge on any atom is -0.373 e. The van der Waals surface area contributed by atoms with Crippen molar-refractivity contribution in [2.24, 2.45) is 5.92 Å². The van der Waals surface area contributed by atoms with E-state index >= 15 is 0 Å². The number of aromatic amines is 1. The Balaban J connectivity index is 1.98. The van der Waals surface area contributed by atoms with Crippen molar-refractivity contribution in [3.05, 3.63) is 18.0 Å². The van der Waals surface area contributed by atoms with Gasteiger partial charge in [0.15, 0.2) is 0 Å². The first-order valence-corrected chi connectivity index (χ1v) is 7.63. The van der Waals surface area contributed by atoms with Crippen LogP contribution in [0.15, 0.2) is 12.3 Å². The summed E-state index contributed by atoms with van der Waals surface area (Å²) in [6.45, 7) is 10.4. The Morgan fingerprint density at radius 3 is 2.67 bits per heavy atom. The van der Waals surface area contributed by atoms with E-state index in [1.54, 1.807) is 6.20 Å². The quantitative estimate of drug-likeness (QED) is 0.855. The third-order valence-electron chi connectivity index (χ3n) is 3.75. The number of amides is 1. The Morgan fingerprint density at radius 1 is 1.48 bits per heavy atom. The van der Waals surface area contributed by atoms with E-state index in [9.17, 15) is 4.79 Å². The smallest absolute Gasteiger partial charge is 0.237 e. The van der Waals surface area contributed by atoms with Gasteiger partial charge in [0.05, 0.1) is 30.5 Å². The molecule has 0 unspecified atom stereocenters. The number of nitrogens with one attached hydrogen (secondary N) is 2. The summed E-state index contributed by atoms with van der Waals surface area (Å²) in [5, 5.41) is 9.74. The van der Waals surface area contributed by atoms with E-state index in [4.69, 9.17) is 4.74 Å². The minimum atomic E-state index is -0.123. The van der Waals surface area contributed by atoms with Crippen LogP contribution in [0.2, 0.25) is 0 Å². The first-order valence-electron chi connectivity index (χ1n) is 7.63. The molecule has 2 N–H and O–H groups in total. The van der Waals surface area contributed by atoms with Gasteiger partial charge in [-0.15, -0.1) is 0 Å². The van der Waals surface area contributed by atoms with Gasteiger partial charge in [0.25, 0.3) is 0 Å². The highest BCUT2D eigenvalue weighted by Gasteiger charge is 2.33. The van der Waals surface area contributed by atoms with Crippen LogP contribution in [0.1, 0.15) is 33.4 Å². The van der Waals surface area contributed by atoms with Crippen LogP contribution in [0.25, 0.3) is 0 Å². The Hall–Kier alpha value is -1.40. The summed E-state index contributed by atoms with van der Waals surface area (Å²) in [7, 11) is 0. The predicted molar refractivity (Wildman–Crippen MR) is 80.6 cm³/mol. The van der Waals surface area contributed by atoms with Crippen LogP contribution in [-0.2, 0) is 16.1 Å². The second-order valence-corrected chi connectivity index (χ2v) is 6.20. The summed E-state index contributed by atoms with van der Waals surface area (Å²) in [5.41, 5.74) is 0.912. The third-order valence-corrected chi connectivity index (χ3v) is 3.75. The maximum absolute atomic E-state index is 12.6. The van der Waals surface area contributed by atoms with Gasteiger partial charge < -0.3 is 10.1 Å². The molecule has 0 bridgehead atoms. The lowest BCUT2D eigenvalue weighted by molar-refractivity contribution is -0.135. The SMILES string of the molecule is CC(C)[C@@H](C(=O)NCc1ccn[nH]1)N1C[C@@H](C)O[C@@H](C)C1. The predicted octanol–water partition coefficient (Wildman–Crippen LogP) is 1.16. The van der Waals surface area contributed by atoms with Crippen LogP contribution in [0.5, 0.6) is 0 Å². The van der Waals surface area contributed by atoms with Gasteiger partial charge in [-0.1, -0.05) is 13.8 Å². The average molecular weight is 294 g/mol. The summed E-state index contributed by atoms with van der Waals surface area (Å²) in [4.78, 5) is 14.8. The second-order valence-electron chi connectivity index (χ2n) is 6.20. The van der Waals surface area contributed by atoms with Gasteiger partial charge in [-0.2, -0.15) is 5.10 Å². The number of hydrogen-bond donors (Lipinski definition) is 2. The maximum Gasteiger partial charge on any atom is 0.237 e. The van der Waals surface area contributed by atoms with E-state index in [0.29, 0.717) is 6.54 Å². The number of H-pyrrole nitrogens is 1. The van der Waals surface area contributed by atoms with E-state index in [2.05, 4.69) is 48.1 Å². The first kappa shape index (κ1) is 16.0. The van der Waals surface area contributed by atoms with E-state index < -0.39 is 0 Å². The molecule has 2 heterocycles. The molecule has 1 saturated heterocycles. The van der Waals surface area contributed by atoms with Crippen LogP contribution in [-0.4, -0.2) is 52.3 Å². The molecule has 6 nitrogen and oxygen atoms in total. The van der Waals surface area contributed by atoms with Gasteiger partial charge in [-0.05, 0) is 25.8 Å². The molecule has 0 spiro atoms. The molecule has 3 atom stereocenters. The fourth-order valence-corrected chi connectivity index (χ4v) is 3.01. The minimum absolute atomic E-state index is 0.0703. The van der Waals surface area contributed by atoms with Crippen LogP contribution < -0.4 is 5.32 Å². The van der Waals surface area contributed by atoms with Crippen molar-refractivity contribution in [3.8, 4) is 0 Å². The van der Waals surface area contributed by atoms with E-state index in [0.717, 1.165) is 18.8 Å². The summed E-state index contributed by atoms with van der Waals surface area (Å²) in [6, 6.07) is 1.74. The van der Waals surface area contributed by atoms with E-state index in [1.807, 2.05) is 6.07 Å². The van der Waals surface area contributed by atoms with Gasteiger partial charge in [0.2, 0.25) is 5.91 Å². The lowest BCUT2D eigenvalue weighted by Gasteiger charge is -2.41. The molecule has 118 valence electrons. The molecule has 1 aliphatic rings. The molecular weight excluding hydrogens is 268 g/mol. The highest BCUT2D eigenvalue weighted by atomic mass is 16.5. The number of hydrogen-bond acceptors (Lipinski definition) is 4. The van der Waals surface area contributed by atoms with Crippen LogP contribution in [0, 0.1) is 5.92 Å². The number of carbonyl (C=O) groups excluding carboxylic acids is 1. The molecule has 0 saturated carbocycles. The second kappa shape index (κ2) is 7.04. The Morgan fingerprint density at radius 2 is 2.14 bits per heavy atom. The molecule has 1 aliphatic heterocycles. The number of aromatic nitrogens is 2. The molecular formula is C15H26N4O2. The third kappa shape index (κ3) is 4.28. The highest BCUT2D eigenvalue weighted by Crippen LogP contribution is 2.18. The standard InChI is InChI=1S/C15H26N4O2/c1-10(2)14(19-8-11(3)21-12(4)9-19)15(20)16-7-13-5-6-17-18-13/h5-6,10-12,14H,7-9H2,1-4H3,(H,16,20)(H,17,18)/t11-,12+,14-/m0/s1. The maximum atomic E-state index is 12.6. The number of carbonyl (C=O) groups is 1. The Kier molecular flexibility index (Phi) is 5.36. The lowest BCUT2D eigenvalue weighted by Crippen LogP contribution is -2.56. The summed E-state index contributed by atoms with van der Waals surface area (Å²) in [6.07, 6.45) is 2.01. The molecule has 0 radical (unpaired) electrons. The normalized spacial score (nSPS) is 25.0. The van der Waals surface area contributed by atoms with Crippen molar-refractivity contribution in [1.82, 2.24) is 20.4 Å². The molecule has 1 fully saturated rings. The zero-order valence-corrected chi connectivity index (χ0v) is 13.3. The van der Waals surface area contributed by atoms with E-state index in [1.165, 1.54) is 0 Å². The first-order chi connectivity index (χ1) is 9.97. The molecule has 0 aliphatic carbocycles. The fraction of sp³-hybridized carbons (Fsp3) is 0.733. The Bertz CT molecular complexity index is 437. The van der Waals surface area contributed by atoms with Gasteiger partial charge in [0.1, 0.15) is 0 Å². The number of rotatable bonds is 5. The fourth-order valence-electron chi connectivity index (χ4n) is 3.01. The molecule has 1 amide bonds. The van der Waals surface area contributed by atoms with Gasteiger partial charge in [-0.3, -0.25) is 14.8 Å². The number of nitrogens with zero attached hydrogens (tertiary/aromatic N) is 2. The highest BCUT2D eigenvalue weighted by molar-refractivity contribution is 5.82. The molecule has 2 rings (SSSR count). The van der Waals surface area contributed by atoms with Crippen LogP contribution in [0.4, 0.5) is 0 Å². The topological polar surface area (TPSA) is 70.2 Å². The van der Waals surface area contributed by atoms with Crippen molar-refractivity contribution in [2.75, 3.05) is 13.1 Å². The number of ether oxygens (including phenoxy) is 1. The molecule has 1 aromatic rings. The average Bonchev–Trinajstić information content (AvgIpc) is 2.87. The van der Waals surface area contributed by atoms with Crippen molar-refractivity contribution >= 4 is 5.91 Å². The summed E-state index contributed by atoms with van der Waals surface area (Å²) in [5.74, 6) is 0.324. The molecule has 1 aromatic heterocycles. The zero-order chi connectivity index (χ0) is 15.4. The van der Waals surface area contributed by atoms with Crippen molar-refractivity contribution in [1.29, 1.82) is 0 Å². The van der Waals surface area contributed by atoms with Gasteiger partial charge >= 0.3 is 0 Å². The van der Waals surface area contributed by atoms with Crippen LogP contribution >= 0.6 is 0 Å². The largest absolute Gasteiger partial charge is 0.373 e. The summed E-state index contributed by atoms with van der Waals surface area (Å²) < 4.78 is 5.76. The molecule has 0 aromatic carbocycles. The number of morpholine rings is 1. The van der Waals surface area contributed by atoms with Gasteiger partial charge in [0, 0.05) is 19.3 Å².